The molecule has 2 saturated carbocycles. The first-order chi connectivity index (χ1) is 8.48. The molecule has 0 N–H and O–H groups in total. The van der Waals surface area contributed by atoms with E-state index in [9.17, 15) is 4.79 Å². The number of morpholine rings is 1. The molecule has 1 spiro atoms. The van der Waals surface area contributed by atoms with Crippen LogP contribution < -0.4 is 0 Å². The molecule has 102 valence electrons. The summed E-state index contributed by atoms with van der Waals surface area (Å²) in [5, 5.41) is 0. The highest BCUT2D eigenvalue weighted by Crippen LogP contribution is 2.41. The van der Waals surface area contributed by atoms with Gasteiger partial charge in [-0.25, -0.2) is 4.79 Å². The first-order valence-corrected chi connectivity index (χ1v) is 7.14. The van der Waals surface area contributed by atoms with Crippen molar-refractivity contribution in [2.75, 3.05) is 13.1 Å². The van der Waals surface area contributed by atoms with Gasteiger partial charge in [-0.15, -0.1) is 0 Å². The number of hydrogen-bond donors (Lipinski definition) is 0. The van der Waals surface area contributed by atoms with Crippen LogP contribution in [0.5, 0.6) is 0 Å². The molecule has 1 heterocycles. The lowest BCUT2D eigenvalue weighted by Crippen LogP contribution is -2.60. The van der Waals surface area contributed by atoms with Gasteiger partial charge in [-0.05, 0) is 39.5 Å². The molecular weight excluding hydrogens is 230 g/mol. The number of carbonyl (C=O) groups is 1. The number of nitrogens with zero attached hydrogens (tertiary/aromatic N) is 1. The summed E-state index contributed by atoms with van der Waals surface area (Å²) in [5.41, 5.74) is -0.366. The number of rotatable bonds is 1. The maximum atomic E-state index is 12.1. The SMILES string of the molecule is CC1(C)CN(C(=O)OC2CC2)CC2(CCCC2)O1. The van der Waals surface area contributed by atoms with Crippen molar-refractivity contribution in [2.45, 2.75) is 69.7 Å². The van der Waals surface area contributed by atoms with Crippen molar-refractivity contribution in [3.05, 3.63) is 0 Å². The number of carbonyl (C=O) groups excluding carboxylic acids is 1. The van der Waals surface area contributed by atoms with E-state index in [0.29, 0.717) is 13.1 Å². The number of hydrogen-bond acceptors (Lipinski definition) is 3. The van der Waals surface area contributed by atoms with Crippen LogP contribution in [-0.2, 0) is 9.47 Å². The third-order valence-corrected chi connectivity index (χ3v) is 4.11. The second-order valence-electron chi connectivity index (χ2n) is 6.69. The van der Waals surface area contributed by atoms with E-state index >= 15 is 0 Å². The van der Waals surface area contributed by atoms with Gasteiger partial charge in [0.2, 0.25) is 0 Å². The van der Waals surface area contributed by atoms with Crippen molar-refractivity contribution in [3.8, 4) is 0 Å². The predicted octanol–water partition coefficient (Wildman–Crippen LogP) is 2.71. The van der Waals surface area contributed by atoms with Gasteiger partial charge >= 0.3 is 6.09 Å². The lowest BCUT2D eigenvalue weighted by molar-refractivity contribution is -0.187. The Bertz CT molecular complexity index is 343. The fraction of sp³-hybridized carbons (Fsp3) is 0.929. The fourth-order valence-corrected chi connectivity index (χ4v) is 3.33. The van der Waals surface area contributed by atoms with Crippen LogP contribution in [0.2, 0.25) is 0 Å². The second-order valence-corrected chi connectivity index (χ2v) is 6.69. The van der Waals surface area contributed by atoms with Crippen molar-refractivity contribution in [3.63, 3.8) is 0 Å². The van der Waals surface area contributed by atoms with E-state index in [1.54, 1.807) is 0 Å². The van der Waals surface area contributed by atoms with Crippen molar-refractivity contribution < 1.29 is 14.3 Å². The monoisotopic (exact) mass is 253 g/mol. The Labute approximate surface area is 109 Å². The molecule has 1 amide bonds. The van der Waals surface area contributed by atoms with Crippen molar-refractivity contribution >= 4 is 6.09 Å². The molecule has 0 aromatic rings. The molecule has 0 atom stereocenters. The Morgan fingerprint density at radius 1 is 1.22 bits per heavy atom. The van der Waals surface area contributed by atoms with E-state index in [4.69, 9.17) is 9.47 Å². The van der Waals surface area contributed by atoms with Crippen LogP contribution in [0.15, 0.2) is 0 Å². The molecule has 2 aliphatic carbocycles. The maximum absolute atomic E-state index is 12.1. The average Bonchev–Trinajstić information content (AvgIpc) is 2.97. The summed E-state index contributed by atoms with van der Waals surface area (Å²) in [6.45, 7) is 5.50. The molecule has 0 aromatic carbocycles. The smallest absolute Gasteiger partial charge is 0.410 e. The standard InChI is InChI=1S/C14H23NO3/c1-13(2)9-15(12(16)17-11-5-6-11)10-14(18-13)7-3-4-8-14/h11H,3-10H2,1-2H3. The Hall–Kier alpha value is -0.770. The van der Waals surface area contributed by atoms with Gasteiger partial charge in [-0.1, -0.05) is 12.8 Å². The highest BCUT2D eigenvalue weighted by Gasteiger charge is 2.47. The van der Waals surface area contributed by atoms with Crippen LogP contribution in [0.1, 0.15) is 52.4 Å². The summed E-state index contributed by atoms with van der Waals surface area (Å²) in [7, 11) is 0. The van der Waals surface area contributed by atoms with Crippen LogP contribution in [-0.4, -0.2) is 41.4 Å². The van der Waals surface area contributed by atoms with Gasteiger partial charge in [-0.3, -0.25) is 0 Å². The van der Waals surface area contributed by atoms with E-state index in [0.717, 1.165) is 25.7 Å². The minimum Gasteiger partial charge on any atom is -0.446 e. The van der Waals surface area contributed by atoms with Gasteiger partial charge in [0.25, 0.3) is 0 Å². The molecule has 1 aliphatic heterocycles. The third kappa shape index (κ3) is 2.48. The molecular formula is C14H23NO3. The summed E-state index contributed by atoms with van der Waals surface area (Å²) >= 11 is 0. The lowest BCUT2D eigenvalue weighted by atomic mass is 9.94. The zero-order valence-corrected chi connectivity index (χ0v) is 11.4. The first-order valence-electron chi connectivity index (χ1n) is 7.14. The Kier molecular flexibility index (Phi) is 2.81. The van der Waals surface area contributed by atoms with E-state index < -0.39 is 0 Å². The van der Waals surface area contributed by atoms with E-state index in [1.165, 1.54) is 12.8 Å². The highest BCUT2D eigenvalue weighted by molar-refractivity contribution is 5.68. The summed E-state index contributed by atoms with van der Waals surface area (Å²) in [6.07, 6.45) is 6.68. The third-order valence-electron chi connectivity index (χ3n) is 4.11. The predicted molar refractivity (Wildman–Crippen MR) is 67.4 cm³/mol. The summed E-state index contributed by atoms with van der Waals surface area (Å²) in [5.74, 6) is 0. The van der Waals surface area contributed by atoms with Crippen molar-refractivity contribution in [2.24, 2.45) is 0 Å². The van der Waals surface area contributed by atoms with Crippen molar-refractivity contribution in [1.29, 1.82) is 0 Å². The second kappa shape index (κ2) is 4.12. The van der Waals surface area contributed by atoms with Crippen LogP contribution in [0.3, 0.4) is 0 Å². The molecule has 3 aliphatic rings. The normalized spacial score (nSPS) is 29.6. The van der Waals surface area contributed by atoms with E-state index in [-0.39, 0.29) is 23.4 Å². The van der Waals surface area contributed by atoms with Gasteiger partial charge in [0.1, 0.15) is 6.10 Å². The van der Waals surface area contributed by atoms with Crippen LogP contribution >= 0.6 is 0 Å². The van der Waals surface area contributed by atoms with Crippen LogP contribution in [0.4, 0.5) is 4.79 Å². The van der Waals surface area contributed by atoms with Gasteiger partial charge in [0.05, 0.1) is 24.3 Å². The molecule has 18 heavy (non-hydrogen) atoms. The zero-order chi connectivity index (χ0) is 12.8. The molecule has 1 saturated heterocycles. The summed E-state index contributed by atoms with van der Waals surface area (Å²) in [4.78, 5) is 14.0. The topological polar surface area (TPSA) is 38.8 Å². The number of ether oxygens (including phenoxy) is 2. The Morgan fingerprint density at radius 2 is 1.89 bits per heavy atom. The number of amides is 1. The van der Waals surface area contributed by atoms with Gasteiger partial charge in [0, 0.05) is 0 Å². The molecule has 0 aromatic heterocycles. The maximum Gasteiger partial charge on any atom is 0.410 e. The first kappa shape index (κ1) is 12.3. The van der Waals surface area contributed by atoms with Gasteiger partial charge in [-0.2, -0.15) is 0 Å². The summed E-state index contributed by atoms with van der Waals surface area (Å²) < 4.78 is 11.7. The van der Waals surface area contributed by atoms with E-state index in [2.05, 4.69) is 13.8 Å². The van der Waals surface area contributed by atoms with Gasteiger partial charge < -0.3 is 14.4 Å². The van der Waals surface area contributed by atoms with E-state index in [1.807, 2.05) is 4.90 Å². The minimum absolute atomic E-state index is 0.107. The van der Waals surface area contributed by atoms with Crippen LogP contribution in [0.25, 0.3) is 0 Å². The molecule has 0 unspecified atom stereocenters. The zero-order valence-electron chi connectivity index (χ0n) is 11.4. The van der Waals surface area contributed by atoms with Gasteiger partial charge in [0.15, 0.2) is 0 Å². The molecule has 0 radical (unpaired) electrons. The lowest BCUT2D eigenvalue weighted by Gasteiger charge is -2.48. The minimum atomic E-state index is -0.259. The molecule has 4 nitrogen and oxygen atoms in total. The molecule has 3 fully saturated rings. The quantitative estimate of drug-likeness (QED) is 0.721. The largest absolute Gasteiger partial charge is 0.446 e. The highest BCUT2D eigenvalue weighted by atomic mass is 16.6. The molecule has 0 bridgehead atoms. The van der Waals surface area contributed by atoms with Crippen molar-refractivity contribution in [1.82, 2.24) is 4.90 Å². The summed E-state index contributed by atoms with van der Waals surface area (Å²) in [6, 6.07) is 0. The average molecular weight is 253 g/mol. The fourth-order valence-electron chi connectivity index (χ4n) is 3.33. The Morgan fingerprint density at radius 3 is 2.50 bits per heavy atom. The Balaban J connectivity index is 1.71. The van der Waals surface area contributed by atoms with Crippen LogP contribution in [0, 0.1) is 0 Å². The molecule has 4 heteroatoms. The molecule has 3 rings (SSSR count).